The fraction of sp³-hybridized carbons (Fsp3) is 0.467. The molecule has 0 aromatic heterocycles. The number of ether oxygens (including phenoxy) is 1. The molecule has 1 heterocycles. The number of nitrogens with two attached hydrogens (primary N) is 1. The van der Waals surface area contributed by atoms with Crippen LogP contribution in [0.4, 0.5) is 13.2 Å². The SMILES string of the molecule is NC(=O)[C@H](Cc1ccccc1C(F)(F)F)NC(=O)[C@@H]1CCCO1. The van der Waals surface area contributed by atoms with E-state index in [0.717, 1.165) is 12.5 Å². The lowest BCUT2D eigenvalue weighted by Crippen LogP contribution is -2.49. The van der Waals surface area contributed by atoms with Crippen molar-refractivity contribution in [2.75, 3.05) is 6.61 Å². The summed E-state index contributed by atoms with van der Waals surface area (Å²) in [6, 6.07) is 3.66. The zero-order valence-electron chi connectivity index (χ0n) is 12.2. The van der Waals surface area contributed by atoms with E-state index in [0.29, 0.717) is 13.0 Å². The lowest BCUT2D eigenvalue weighted by molar-refractivity contribution is -0.138. The highest BCUT2D eigenvalue weighted by molar-refractivity contribution is 5.88. The number of alkyl halides is 3. The number of primary amides is 1. The van der Waals surface area contributed by atoms with Gasteiger partial charge in [0.05, 0.1) is 5.56 Å². The molecule has 0 spiro atoms. The van der Waals surface area contributed by atoms with Gasteiger partial charge in [-0.3, -0.25) is 9.59 Å². The molecule has 3 N–H and O–H groups in total. The van der Waals surface area contributed by atoms with E-state index in [4.69, 9.17) is 10.5 Å². The highest BCUT2D eigenvalue weighted by atomic mass is 19.4. The molecule has 126 valence electrons. The third-order valence-corrected chi connectivity index (χ3v) is 3.63. The van der Waals surface area contributed by atoms with Crippen LogP contribution in [-0.4, -0.2) is 30.6 Å². The monoisotopic (exact) mass is 330 g/mol. The van der Waals surface area contributed by atoms with E-state index in [1.165, 1.54) is 18.2 Å². The summed E-state index contributed by atoms with van der Waals surface area (Å²) in [6.45, 7) is 0.441. The predicted molar refractivity (Wildman–Crippen MR) is 75.2 cm³/mol. The van der Waals surface area contributed by atoms with Gasteiger partial charge >= 0.3 is 6.18 Å². The number of carbonyl (C=O) groups excluding carboxylic acids is 2. The Morgan fingerprint density at radius 1 is 1.35 bits per heavy atom. The van der Waals surface area contributed by atoms with E-state index in [9.17, 15) is 22.8 Å². The van der Waals surface area contributed by atoms with E-state index in [1.807, 2.05) is 0 Å². The quantitative estimate of drug-likeness (QED) is 0.856. The molecule has 2 rings (SSSR count). The molecule has 0 aliphatic carbocycles. The first-order chi connectivity index (χ1) is 10.8. The number of rotatable bonds is 5. The van der Waals surface area contributed by atoms with Crippen molar-refractivity contribution in [1.29, 1.82) is 0 Å². The molecule has 1 aliphatic rings. The molecule has 1 aromatic rings. The van der Waals surface area contributed by atoms with Crippen LogP contribution >= 0.6 is 0 Å². The Hall–Kier alpha value is -2.09. The first-order valence-corrected chi connectivity index (χ1v) is 7.15. The average Bonchev–Trinajstić information content (AvgIpc) is 3.00. The second kappa shape index (κ2) is 6.99. The molecule has 2 atom stereocenters. The molecule has 8 heteroatoms. The van der Waals surface area contributed by atoms with Gasteiger partial charge in [-0.1, -0.05) is 18.2 Å². The Balaban J connectivity index is 2.14. The number of amides is 2. The first-order valence-electron chi connectivity index (χ1n) is 7.15. The number of carbonyl (C=O) groups is 2. The van der Waals surface area contributed by atoms with Crippen LogP contribution in [0.2, 0.25) is 0 Å². The van der Waals surface area contributed by atoms with Crippen LogP contribution in [0.3, 0.4) is 0 Å². The molecule has 1 saturated heterocycles. The average molecular weight is 330 g/mol. The third-order valence-electron chi connectivity index (χ3n) is 3.63. The lowest BCUT2D eigenvalue weighted by atomic mass is 9.99. The number of benzene rings is 1. The molecule has 0 radical (unpaired) electrons. The minimum Gasteiger partial charge on any atom is -0.368 e. The molecule has 2 amide bonds. The van der Waals surface area contributed by atoms with Gasteiger partial charge in [-0.05, 0) is 24.5 Å². The fourth-order valence-corrected chi connectivity index (χ4v) is 2.47. The van der Waals surface area contributed by atoms with Gasteiger partial charge in [0.1, 0.15) is 12.1 Å². The van der Waals surface area contributed by atoms with Crippen LogP contribution in [0.15, 0.2) is 24.3 Å². The highest BCUT2D eigenvalue weighted by Gasteiger charge is 2.34. The maximum Gasteiger partial charge on any atom is 0.416 e. The van der Waals surface area contributed by atoms with Crippen molar-refractivity contribution in [1.82, 2.24) is 5.32 Å². The Morgan fingerprint density at radius 3 is 2.61 bits per heavy atom. The van der Waals surface area contributed by atoms with Crippen LogP contribution in [-0.2, 0) is 26.9 Å². The summed E-state index contributed by atoms with van der Waals surface area (Å²) in [4.78, 5) is 23.5. The number of nitrogens with one attached hydrogen (secondary N) is 1. The van der Waals surface area contributed by atoms with E-state index in [-0.39, 0.29) is 12.0 Å². The molecule has 0 bridgehead atoms. The van der Waals surface area contributed by atoms with Gasteiger partial charge in [0.15, 0.2) is 0 Å². The Bertz CT molecular complexity index is 584. The van der Waals surface area contributed by atoms with Crippen molar-refractivity contribution in [2.24, 2.45) is 5.73 Å². The summed E-state index contributed by atoms with van der Waals surface area (Å²) in [5.74, 6) is -1.43. The normalized spacial score (nSPS) is 19.3. The Kier molecular flexibility index (Phi) is 5.25. The maximum atomic E-state index is 13.0. The van der Waals surface area contributed by atoms with Crippen molar-refractivity contribution < 1.29 is 27.5 Å². The fourth-order valence-electron chi connectivity index (χ4n) is 2.47. The van der Waals surface area contributed by atoms with E-state index in [1.54, 1.807) is 0 Å². The van der Waals surface area contributed by atoms with Crippen LogP contribution in [0.25, 0.3) is 0 Å². The second-order valence-electron chi connectivity index (χ2n) is 5.32. The highest BCUT2D eigenvalue weighted by Crippen LogP contribution is 2.32. The minimum atomic E-state index is -4.54. The molecule has 0 unspecified atom stereocenters. The van der Waals surface area contributed by atoms with E-state index >= 15 is 0 Å². The van der Waals surface area contributed by atoms with E-state index in [2.05, 4.69) is 5.32 Å². The second-order valence-corrected chi connectivity index (χ2v) is 5.32. The van der Waals surface area contributed by atoms with Gasteiger partial charge in [0, 0.05) is 13.0 Å². The molecular formula is C15H17F3N2O3. The van der Waals surface area contributed by atoms with Crippen LogP contribution < -0.4 is 11.1 Å². The van der Waals surface area contributed by atoms with Crippen LogP contribution in [0, 0.1) is 0 Å². The zero-order valence-corrected chi connectivity index (χ0v) is 12.2. The molecule has 1 fully saturated rings. The Morgan fingerprint density at radius 2 is 2.04 bits per heavy atom. The standard InChI is InChI=1S/C15H17F3N2O3/c16-15(17,18)10-5-2-1-4-9(10)8-11(13(19)21)20-14(22)12-6-3-7-23-12/h1-2,4-5,11-12H,3,6-8H2,(H2,19,21)(H,20,22)/t11-,12-/m0/s1. The number of halogens is 3. The van der Waals surface area contributed by atoms with Crippen molar-refractivity contribution >= 4 is 11.8 Å². The molecule has 1 aliphatic heterocycles. The van der Waals surface area contributed by atoms with Crippen molar-refractivity contribution in [3.8, 4) is 0 Å². The summed E-state index contributed by atoms with van der Waals surface area (Å²) >= 11 is 0. The Labute approximate surface area is 131 Å². The summed E-state index contributed by atoms with van der Waals surface area (Å²) < 4.78 is 44.1. The molecule has 5 nitrogen and oxygen atoms in total. The predicted octanol–water partition coefficient (Wildman–Crippen LogP) is 1.40. The van der Waals surface area contributed by atoms with E-state index < -0.39 is 35.7 Å². The number of hydrogen-bond acceptors (Lipinski definition) is 3. The van der Waals surface area contributed by atoms with Crippen molar-refractivity contribution in [3.05, 3.63) is 35.4 Å². The zero-order chi connectivity index (χ0) is 17.0. The van der Waals surface area contributed by atoms with Gasteiger partial charge in [-0.2, -0.15) is 13.2 Å². The molecule has 23 heavy (non-hydrogen) atoms. The van der Waals surface area contributed by atoms with Gasteiger partial charge in [0.2, 0.25) is 11.8 Å². The van der Waals surface area contributed by atoms with Gasteiger partial charge in [-0.25, -0.2) is 0 Å². The smallest absolute Gasteiger partial charge is 0.368 e. The van der Waals surface area contributed by atoms with Crippen molar-refractivity contribution in [2.45, 2.75) is 37.6 Å². The first kappa shape index (κ1) is 17.3. The topological polar surface area (TPSA) is 81.4 Å². The van der Waals surface area contributed by atoms with Crippen LogP contribution in [0.1, 0.15) is 24.0 Å². The third kappa shape index (κ3) is 4.44. The minimum absolute atomic E-state index is 0.101. The number of hydrogen-bond donors (Lipinski definition) is 2. The summed E-state index contributed by atoms with van der Waals surface area (Å²) in [5.41, 5.74) is 4.26. The summed E-state index contributed by atoms with van der Waals surface area (Å²) in [7, 11) is 0. The van der Waals surface area contributed by atoms with Gasteiger partial charge in [-0.15, -0.1) is 0 Å². The van der Waals surface area contributed by atoms with Crippen LogP contribution in [0.5, 0.6) is 0 Å². The van der Waals surface area contributed by atoms with Crippen molar-refractivity contribution in [3.63, 3.8) is 0 Å². The lowest BCUT2D eigenvalue weighted by Gasteiger charge is -2.20. The molecular weight excluding hydrogens is 313 g/mol. The van der Waals surface area contributed by atoms with Gasteiger partial charge < -0.3 is 15.8 Å². The molecule has 0 saturated carbocycles. The maximum absolute atomic E-state index is 13.0. The molecule has 1 aromatic carbocycles. The largest absolute Gasteiger partial charge is 0.416 e. The summed E-state index contributed by atoms with van der Waals surface area (Å²) in [6.07, 6.45) is -4.33. The summed E-state index contributed by atoms with van der Waals surface area (Å²) in [5, 5.41) is 2.38. The van der Waals surface area contributed by atoms with Gasteiger partial charge in [0.25, 0.3) is 0 Å².